The Bertz CT molecular complexity index is 2870. The molecule has 5 heterocycles. The lowest BCUT2D eigenvalue weighted by molar-refractivity contribution is -0.138. The van der Waals surface area contributed by atoms with Crippen LogP contribution in [0.5, 0.6) is 11.5 Å². The van der Waals surface area contributed by atoms with Crippen LogP contribution in [0.3, 0.4) is 0 Å². The minimum Gasteiger partial charge on any atom is -0.508 e. The number of hydrogen-bond acceptors (Lipinski definition) is 14. The van der Waals surface area contributed by atoms with E-state index in [2.05, 4.69) is 35.4 Å². The molecule has 0 bridgehead atoms. The van der Waals surface area contributed by atoms with Gasteiger partial charge in [0.25, 0.3) is 5.91 Å². The topological polar surface area (TPSA) is 215 Å². The number of H-pyrrole nitrogens is 1. The first-order valence-corrected chi connectivity index (χ1v) is 29.4. The Kier molecular flexibility index (Phi) is 14.7. The molecule has 2 aliphatic heterocycles. The van der Waals surface area contributed by atoms with Gasteiger partial charge in [0.2, 0.25) is 6.23 Å². The number of nitrogens with zero attached hydrogens (tertiary/aromatic N) is 8. The van der Waals surface area contributed by atoms with E-state index in [0.29, 0.717) is 47.7 Å². The standard InChI is InChI=1S/C48H65F3N10O8Si2/c1-28(2)31-22-32(36(63)23-35(31)62)41-56-57-45(66)61(41)30-14-13-29(33(49)21-30)26-58-17-19-59(20-18-58)39-25-52-34(24-53-39)42(64)54-38-15-16-60(44(65)55-38)43-48(50,51)40(69-71(11,12)47(6,7)8)37(68-43)27-67-70(9,10)46(3,4)5/h13-16,21-25,28,37,40,43,62-63H,17-20,26-27H2,1-12H3,(H,57,66)(H,54,55,64,65)/t37-,40-,43-/m1/s1. The molecule has 0 aliphatic carbocycles. The van der Waals surface area contributed by atoms with Gasteiger partial charge in [0.15, 0.2) is 22.5 Å². The van der Waals surface area contributed by atoms with Crippen molar-refractivity contribution in [3.8, 4) is 28.6 Å². The monoisotopic (exact) mass is 1020 g/mol. The smallest absolute Gasteiger partial charge is 0.351 e. The van der Waals surface area contributed by atoms with E-state index in [-0.39, 0.29) is 64.2 Å². The summed E-state index contributed by atoms with van der Waals surface area (Å²) in [7, 11) is -5.16. The van der Waals surface area contributed by atoms with E-state index in [1.807, 2.05) is 86.5 Å². The largest absolute Gasteiger partial charge is 0.508 e. The first-order valence-electron chi connectivity index (χ1n) is 23.6. The highest BCUT2D eigenvalue weighted by atomic mass is 28.4. The van der Waals surface area contributed by atoms with Gasteiger partial charge < -0.3 is 34.0 Å². The molecule has 3 atom stereocenters. The Labute approximate surface area is 412 Å². The van der Waals surface area contributed by atoms with E-state index in [1.54, 1.807) is 18.2 Å². The fourth-order valence-corrected chi connectivity index (χ4v) is 10.1. The van der Waals surface area contributed by atoms with E-state index in [1.165, 1.54) is 30.6 Å². The Balaban J connectivity index is 0.965. The van der Waals surface area contributed by atoms with Crippen molar-refractivity contribution in [1.29, 1.82) is 0 Å². The zero-order chi connectivity index (χ0) is 52.2. The number of alkyl halides is 2. The molecule has 0 spiro atoms. The number of carbonyl (C=O) groups is 1. The normalized spacial score (nSPS) is 19.2. The van der Waals surface area contributed by atoms with Crippen molar-refractivity contribution in [1.82, 2.24) is 39.2 Å². The fraction of sp³-hybridized carbons (Fsp3) is 0.521. The molecule has 384 valence electrons. The van der Waals surface area contributed by atoms with Crippen LogP contribution in [0.1, 0.15) is 89.2 Å². The molecule has 2 saturated heterocycles. The summed E-state index contributed by atoms with van der Waals surface area (Å²) < 4.78 is 69.3. The molecule has 2 aromatic carbocycles. The lowest BCUT2D eigenvalue weighted by Crippen LogP contribution is -2.53. The number of amides is 1. The van der Waals surface area contributed by atoms with Crippen LogP contribution in [0.4, 0.5) is 24.8 Å². The molecule has 3 aromatic heterocycles. The lowest BCUT2D eigenvalue weighted by Gasteiger charge is -2.41. The molecule has 7 rings (SSSR count). The minimum absolute atomic E-state index is 0.0552. The SMILES string of the molecule is CC(C)c1cc(-c2n[nH]c(=O)n2-c2ccc(CN3CCN(c4cnc(C(=O)Nc5ccn([C@@H]6O[C@H](CO[Si](C)(C)C(C)(C)C)[C@@H](O[Si](C)(C)C(C)(C)C)C6(F)F)c(=O)n5)cn4)CC3)c(F)c2)c(O)cc1O. The predicted octanol–water partition coefficient (Wildman–Crippen LogP) is 7.77. The van der Waals surface area contributed by atoms with Crippen molar-refractivity contribution in [2.45, 2.75) is 128 Å². The van der Waals surface area contributed by atoms with E-state index < -0.39 is 69.1 Å². The first kappa shape index (κ1) is 53.1. The van der Waals surface area contributed by atoms with E-state index in [0.717, 1.165) is 10.8 Å². The number of ether oxygens (including phenoxy) is 1. The molecule has 18 nitrogen and oxygen atoms in total. The molecule has 1 amide bonds. The van der Waals surface area contributed by atoms with Gasteiger partial charge in [0.05, 0.1) is 30.3 Å². The maximum Gasteiger partial charge on any atom is 0.351 e. The quantitative estimate of drug-likeness (QED) is 0.0783. The molecule has 2 fully saturated rings. The molecular weight excluding hydrogens is 958 g/mol. The van der Waals surface area contributed by atoms with Crippen LogP contribution in [0.25, 0.3) is 17.1 Å². The highest BCUT2D eigenvalue weighted by molar-refractivity contribution is 6.74. The Hall–Kier alpha value is -5.73. The van der Waals surface area contributed by atoms with E-state index >= 15 is 13.2 Å². The number of phenols is 2. The highest BCUT2D eigenvalue weighted by Crippen LogP contribution is 2.49. The molecule has 2 aliphatic rings. The number of carbonyl (C=O) groups excluding carboxylic acids is 1. The Morgan fingerprint density at radius 2 is 1.62 bits per heavy atom. The summed E-state index contributed by atoms with van der Waals surface area (Å²) >= 11 is 0. The van der Waals surface area contributed by atoms with Gasteiger partial charge in [-0.15, -0.1) is 0 Å². The van der Waals surface area contributed by atoms with Crippen LogP contribution >= 0.6 is 0 Å². The van der Waals surface area contributed by atoms with Gasteiger partial charge in [-0.2, -0.15) is 18.9 Å². The number of benzene rings is 2. The molecule has 0 radical (unpaired) electrons. The predicted molar refractivity (Wildman–Crippen MR) is 267 cm³/mol. The van der Waals surface area contributed by atoms with Gasteiger partial charge in [-0.05, 0) is 72.0 Å². The molecule has 0 saturated carbocycles. The van der Waals surface area contributed by atoms with Crippen LogP contribution in [-0.2, 0) is 20.1 Å². The first-order chi connectivity index (χ1) is 33.0. The summed E-state index contributed by atoms with van der Waals surface area (Å²) in [5, 5.41) is 29.3. The Morgan fingerprint density at radius 3 is 2.21 bits per heavy atom. The summed E-state index contributed by atoms with van der Waals surface area (Å²) in [5.74, 6) is -5.03. The number of aromatic amines is 1. The molecule has 71 heavy (non-hydrogen) atoms. The van der Waals surface area contributed by atoms with E-state index in [4.69, 9.17) is 13.6 Å². The Morgan fingerprint density at radius 1 is 0.944 bits per heavy atom. The number of rotatable bonds is 14. The van der Waals surface area contributed by atoms with Gasteiger partial charge in [0.1, 0.15) is 46.9 Å². The number of nitrogens with one attached hydrogen (secondary N) is 2. The van der Waals surface area contributed by atoms with Crippen molar-refractivity contribution < 1.29 is 41.8 Å². The van der Waals surface area contributed by atoms with Gasteiger partial charge in [-0.1, -0.05) is 61.5 Å². The summed E-state index contributed by atoms with van der Waals surface area (Å²) in [5.41, 5.74) is -0.452. The van der Waals surface area contributed by atoms with Crippen LogP contribution in [0, 0.1) is 5.82 Å². The van der Waals surface area contributed by atoms with Crippen LogP contribution in [-0.4, -0.2) is 123 Å². The van der Waals surface area contributed by atoms with Crippen molar-refractivity contribution in [2.24, 2.45) is 0 Å². The molecule has 5 aromatic rings. The second kappa shape index (κ2) is 19.7. The van der Waals surface area contributed by atoms with Gasteiger partial charge in [-0.3, -0.25) is 14.3 Å². The molecular formula is C48H65F3N10O8Si2. The lowest BCUT2D eigenvalue weighted by atomic mass is 9.98. The van der Waals surface area contributed by atoms with Crippen molar-refractivity contribution in [3.05, 3.63) is 98.6 Å². The van der Waals surface area contributed by atoms with Gasteiger partial charge in [-0.25, -0.2) is 33.6 Å². The molecule has 23 heteroatoms. The maximum absolute atomic E-state index is 16.6. The number of hydrogen-bond donors (Lipinski definition) is 4. The second-order valence-electron chi connectivity index (χ2n) is 21.6. The number of halogens is 3. The number of aromatic hydroxyl groups is 2. The number of anilines is 2. The molecule has 4 N–H and O–H groups in total. The van der Waals surface area contributed by atoms with Crippen molar-refractivity contribution in [2.75, 3.05) is 43.0 Å². The highest BCUT2D eigenvalue weighted by Gasteiger charge is 2.63. The average molecular weight is 1020 g/mol. The van der Waals surface area contributed by atoms with Crippen LogP contribution in [0.15, 0.2) is 64.6 Å². The summed E-state index contributed by atoms with van der Waals surface area (Å²) in [6, 6.07) is 8.40. The summed E-state index contributed by atoms with van der Waals surface area (Å²) in [4.78, 5) is 56.2. The van der Waals surface area contributed by atoms with E-state index in [9.17, 15) is 24.6 Å². The third-order valence-electron chi connectivity index (χ3n) is 14.3. The second-order valence-corrected chi connectivity index (χ2v) is 31.2. The number of phenolic OH excluding ortho intramolecular Hbond substituents is 2. The van der Waals surface area contributed by atoms with Gasteiger partial charge in [0, 0.05) is 50.6 Å². The fourth-order valence-electron chi connectivity index (χ4n) is 7.82. The van der Waals surface area contributed by atoms with Crippen molar-refractivity contribution in [3.63, 3.8) is 0 Å². The van der Waals surface area contributed by atoms with Crippen molar-refractivity contribution >= 4 is 34.2 Å². The zero-order valence-electron chi connectivity index (χ0n) is 42.3. The third kappa shape index (κ3) is 11.0. The minimum atomic E-state index is -3.65. The van der Waals surface area contributed by atoms with Crippen LogP contribution < -0.4 is 21.6 Å². The number of aromatic nitrogens is 7. The average Bonchev–Trinajstić information content (AvgIpc) is 3.77. The zero-order valence-corrected chi connectivity index (χ0v) is 44.3. The summed E-state index contributed by atoms with van der Waals surface area (Å²) in [6.45, 7) is 25.8. The van der Waals surface area contributed by atoms with Gasteiger partial charge >= 0.3 is 17.3 Å². The summed E-state index contributed by atoms with van der Waals surface area (Å²) in [6.07, 6.45) is -1.10. The molecule has 0 unspecified atom stereocenters. The maximum atomic E-state index is 16.6. The van der Waals surface area contributed by atoms with Crippen LogP contribution in [0.2, 0.25) is 36.3 Å². The number of piperazine rings is 1. The third-order valence-corrected chi connectivity index (χ3v) is 23.2.